The van der Waals surface area contributed by atoms with Crippen molar-refractivity contribution in [2.24, 2.45) is 5.92 Å². The van der Waals surface area contributed by atoms with Crippen LogP contribution in [-0.2, 0) is 0 Å². The van der Waals surface area contributed by atoms with Gasteiger partial charge in [0.25, 0.3) is 11.5 Å². The predicted molar refractivity (Wildman–Crippen MR) is 106 cm³/mol. The Hall–Kier alpha value is -2.81. The zero-order valence-corrected chi connectivity index (χ0v) is 16.7. The van der Waals surface area contributed by atoms with Crippen LogP contribution in [-0.4, -0.2) is 54.0 Å². The fourth-order valence-electron chi connectivity index (χ4n) is 3.27. The molecule has 2 aromatic rings. The minimum Gasteiger partial charge on any atom is -0.343 e. The number of aromatic nitrogens is 2. The highest BCUT2D eigenvalue weighted by atomic mass is 19.2. The highest BCUT2D eigenvalue weighted by molar-refractivity contribution is 5.94. The Balaban J connectivity index is 1.88. The maximum absolute atomic E-state index is 14.0. The first-order valence-corrected chi connectivity index (χ1v) is 9.56. The van der Waals surface area contributed by atoms with Crippen molar-refractivity contribution < 1.29 is 13.6 Å². The molecule has 3 rings (SSSR count). The minimum absolute atomic E-state index is 0.134. The van der Waals surface area contributed by atoms with Gasteiger partial charge >= 0.3 is 0 Å². The van der Waals surface area contributed by atoms with Crippen LogP contribution in [0.25, 0.3) is 0 Å². The van der Waals surface area contributed by atoms with Crippen LogP contribution in [0.3, 0.4) is 0 Å². The van der Waals surface area contributed by atoms with Crippen LogP contribution in [0.4, 0.5) is 14.7 Å². The maximum Gasteiger partial charge on any atom is 0.254 e. The molecule has 0 radical (unpaired) electrons. The van der Waals surface area contributed by atoms with Crippen LogP contribution >= 0.6 is 0 Å². The first kappa shape index (κ1) is 20.9. The fourth-order valence-corrected chi connectivity index (χ4v) is 3.27. The average Bonchev–Trinajstić information content (AvgIpc) is 2.67. The van der Waals surface area contributed by atoms with Gasteiger partial charge in [0.1, 0.15) is 0 Å². The standard InChI is InChI=1S/C20H25F2N5O2/c1-12(2)18(25-19(29)13-5-4-6-14(21)17(13)22)15-11-16(28)24-20(23-15)27-9-7-26(3)8-10-27/h4-6,11-12,18H,7-10H2,1-3H3,(H,25,29)(H,23,24,28)/t18-/m0/s1. The van der Waals surface area contributed by atoms with E-state index in [9.17, 15) is 18.4 Å². The van der Waals surface area contributed by atoms with Gasteiger partial charge in [-0.3, -0.25) is 14.6 Å². The number of hydrogen-bond acceptors (Lipinski definition) is 5. The molecule has 1 amide bonds. The van der Waals surface area contributed by atoms with E-state index in [-0.39, 0.29) is 17.0 Å². The van der Waals surface area contributed by atoms with Crippen molar-refractivity contribution in [3.63, 3.8) is 0 Å². The van der Waals surface area contributed by atoms with E-state index in [1.165, 1.54) is 18.2 Å². The molecule has 0 saturated carbocycles. The number of aromatic amines is 1. The van der Waals surface area contributed by atoms with Gasteiger partial charge in [-0.25, -0.2) is 13.8 Å². The number of anilines is 1. The Morgan fingerprint density at radius 3 is 2.55 bits per heavy atom. The number of nitrogens with zero attached hydrogens (tertiary/aromatic N) is 3. The number of likely N-dealkylation sites (N-methyl/N-ethyl adjacent to an activating group) is 1. The van der Waals surface area contributed by atoms with Crippen LogP contribution in [0.5, 0.6) is 0 Å². The van der Waals surface area contributed by atoms with E-state index in [2.05, 4.69) is 20.2 Å². The Kier molecular flexibility index (Phi) is 6.26. The summed E-state index contributed by atoms with van der Waals surface area (Å²) in [6.07, 6.45) is 0. The fraction of sp³-hybridized carbons (Fsp3) is 0.450. The van der Waals surface area contributed by atoms with E-state index >= 15 is 0 Å². The van der Waals surface area contributed by atoms with Crippen LogP contribution < -0.4 is 15.8 Å². The summed E-state index contributed by atoms with van der Waals surface area (Å²) in [5.41, 5.74) is -0.344. The summed E-state index contributed by atoms with van der Waals surface area (Å²) in [7, 11) is 2.03. The molecule has 29 heavy (non-hydrogen) atoms. The minimum atomic E-state index is -1.20. The molecule has 0 bridgehead atoms. The van der Waals surface area contributed by atoms with Crippen LogP contribution in [0.15, 0.2) is 29.1 Å². The second-order valence-corrected chi connectivity index (χ2v) is 7.58. The van der Waals surface area contributed by atoms with E-state index in [0.29, 0.717) is 11.6 Å². The van der Waals surface area contributed by atoms with Gasteiger partial charge in [0.2, 0.25) is 5.95 Å². The highest BCUT2D eigenvalue weighted by Crippen LogP contribution is 2.22. The zero-order chi connectivity index (χ0) is 21.1. The lowest BCUT2D eigenvalue weighted by Gasteiger charge is -2.33. The van der Waals surface area contributed by atoms with Crippen molar-refractivity contribution in [2.75, 3.05) is 38.1 Å². The van der Waals surface area contributed by atoms with Crippen molar-refractivity contribution >= 4 is 11.9 Å². The molecule has 0 spiro atoms. The normalized spacial score (nSPS) is 16.1. The SMILES string of the molecule is CC(C)[C@H](NC(=O)c1cccc(F)c1F)c1cc(=O)[nH]c(N2CCN(C)CC2)n1. The van der Waals surface area contributed by atoms with E-state index in [1.54, 1.807) is 0 Å². The maximum atomic E-state index is 14.0. The summed E-state index contributed by atoms with van der Waals surface area (Å²) in [4.78, 5) is 36.3. The Morgan fingerprint density at radius 2 is 1.90 bits per heavy atom. The first-order valence-electron chi connectivity index (χ1n) is 9.56. The third kappa shape index (κ3) is 4.79. The van der Waals surface area contributed by atoms with Gasteiger partial charge < -0.3 is 15.1 Å². The van der Waals surface area contributed by atoms with Crippen molar-refractivity contribution in [3.8, 4) is 0 Å². The van der Waals surface area contributed by atoms with E-state index in [0.717, 1.165) is 32.2 Å². The van der Waals surface area contributed by atoms with Crippen LogP contribution in [0.1, 0.15) is 35.9 Å². The quantitative estimate of drug-likeness (QED) is 0.795. The summed E-state index contributed by atoms with van der Waals surface area (Å²) >= 11 is 0. The number of halogens is 2. The molecule has 156 valence electrons. The molecular formula is C20H25F2N5O2. The molecule has 1 aliphatic heterocycles. The largest absolute Gasteiger partial charge is 0.343 e. The monoisotopic (exact) mass is 405 g/mol. The van der Waals surface area contributed by atoms with Gasteiger partial charge in [0.15, 0.2) is 11.6 Å². The smallest absolute Gasteiger partial charge is 0.254 e. The Morgan fingerprint density at radius 1 is 1.21 bits per heavy atom. The molecule has 1 atom stereocenters. The van der Waals surface area contributed by atoms with Gasteiger partial charge in [-0.1, -0.05) is 19.9 Å². The number of amides is 1. The number of hydrogen-bond donors (Lipinski definition) is 2. The number of benzene rings is 1. The number of carbonyl (C=O) groups is 1. The Bertz CT molecular complexity index is 939. The van der Waals surface area contributed by atoms with E-state index in [1.807, 2.05) is 25.8 Å². The molecule has 0 unspecified atom stereocenters. The van der Waals surface area contributed by atoms with Crippen molar-refractivity contribution in [1.29, 1.82) is 0 Å². The predicted octanol–water partition coefficient (Wildman–Crippen LogP) is 1.93. The van der Waals surface area contributed by atoms with E-state index < -0.39 is 23.6 Å². The lowest BCUT2D eigenvalue weighted by molar-refractivity contribution is 0.0919. The number of carbonyl (C=O) groups excluding carboxylic acids is 1. The third-order valence-electron chi connectivity index (χ3n) is 5.02. The Labute approximate surface area is 167 Å². The van der Waals surface area contributed by atoms with Gasteiger partial charge in [0, 0.05) is 32.2 Å². The summed E-state index contributed by atoms with van der Waals surface area (Å²) in [6.45, 7) is 6.83. The second kappa shape index (κ2) is 8.69. The summed E-state index contributed by atoms with van der Waals surface area (Å²) in [5, 5.41) is 2.69. The summed E-state index contributed by atoms with van der Waals surface area (Å²) in [5.74, 6) is -2.75. The highest BCUT2D eigenvalue weighted by Gasteiger charge is 2.25. The zero-order valence-electron chi connectivity index (χ0n) is 16.7. The van der Waals surface area contributed by atoms with Crippen LogP contribution in [0.2, 0.25) is 0 Å². The molecule has 2 N–H and O–H groups in total. The summed E-state index contributed by atoms with van der Waals surface area (Å²) in [6, 6.07) is 4.12. The topological polar surface area (TPSA) is 81.3 Å². The lowest BCUT2D eigenvalue weighted by atomic mass is 10.00. The first-order chi connectivity index (χ1) is 13.8. The van der Waals surface area contributed by atoms with Crippen molar-refractivity contribution in [1.82, 2.24) is 20.2 Å². The molecule has 1 aromatic heterocycles. The molecule has 0 aliphatic carbocycles. The molecule has 7 nitrogen and oxygen atoms in total. The lowest BCUT2D eigenvalue weighted by Crippen LogP contribution is -2.46. The molecule has 9 heteroatoms. The summed E-state index contributed by atoms with van der Waals surface area (Å²) < 4.78 is 27.5. The second-order valence-electron chi connectivity index (χ2n) is 7.58. The van der Waals surface area contributed by atoms with Gasteiger partial charge in [-0.2, -0.15) is 0 Å². The molecule has 1 aliphatic rings. The van der Waals surface area contributed by atoms with E-state index in [4.69, 9.17) is 0 Å². The average molecular weight is 405 g/mol. The number of nitrogens with one attached hydrogen (secondary N) is 2. The van der Waals surface area contributed by atoms with Gasteiger partial charge in [-0.05, 0) is 25.1 Å². The van der Waals surface area contributed by atoms with Crippen molar-refractivity contribution in [2.45, 2.75) is 19.9 Å². The molecule has 1 saturated heterocycles. The molecular weight excluding hydrogens is 380 g/mol. The number of piperazine rings is 1. The van der Waals surface area contributed by atoms with Gasteiger partial charge in [0.05, 0.1) is 17.3 Å². The molecule has 1 fully saturated rings. The third-order valence-corrected chi connectivity index (χ3v) is 5.02. The number of rotatable bonds is 5. The van der Waals surface area contributed by atoms with Crippen LogP contribution in [0, 0.1) is 17.6 Å². The number of H-pyrrole nitrogens is 1. The molecule has 1 aromatic carbocycles. The van der Waals surface area contributed by atoms with Crippen molar-refractivity contribution in [3.05, 3.63) is 57.5 Å². The van der Waals surface area contributed by atoms with Gasteiger partial charge in [-0.15, -0.1) is 0 Å². The molecule has 2 heterocycles.